The molecule has 0 saturated carbocycles. The molecular formula is C22H23N5O. The molecule has 28 heavy (non-hydrogen) atoms. The molecular weight excluding hydrogens is 350 g/mol. The Labute approximate surface area is 164 Å². The molecule has 0 unspecified atom stereocenters. The number of benzene rings is 3. The molecule has 0 spiro atoms. The van der Waals surface area contributed by atoms with Crippen LogP contribution in [0.2, 0.25) is 0 Å². The van der Waals surface area contributed by atoms with E-state index in [9.17, 15) is 0 Å². The standard InChI is InChI=1S/C22H23N5O/c1-3-27-22(24-25-26-27)23-14-20-19-7-5-4-6-18(19)12-13-21(20)28-15-17-10-8-16(2)9-11-17/h4-13H,3,14-15H2,1-2H3,(H,23,24,26). The number of hydrogen-bond donors (Lipinski definition) is 1. The molecule has 0 fully saturated rings. The molecule has 0 atom stereocenters. The summed E-state index contributed by atoms with van der Waals surface area (Å²) in [5.41, 5.74) is 3.48. The van der Waals surface area contributed by atoms with Crippen LogP contribution in [0.25, 0.3) is 10.8 Å². The van der Waals surface area contributed by atoms with Gasteiger partial charge in [-0.15, -0.1) is 0 Å². The molecule has 6 heteroatoms. The third-order valence-corrected chi connectivity index (χ3v) is 4.77. The fourth-order valence-corrected chi connectivity index (χ4v) is 3.19. The van der Waals surface area contributed by atoms with Gasteiger partial charge in [-0.1, -0.05) is 65.3 Å². The van der Waals surface area contributed by atoms with Crippen molar-refractivity contribution in [3.05, 3.63) is 77.4 Å². The Kier molecular flexibility index (Phi) is 5.19. The van der Waals surface area contributed by atoms with Crippen molar-refractivity contribution in [2.75, 3.05) is 5.32 Å². The van der Waals surface area contributed by atoms with Gasteiger partial charge in [0.15, 0.2) is 0 Å². The van der Waals surface area contributed by atoms with Crippen LogP contribution in [0.15, 0.2) is 60.7 Å². The molecule has 0 aliphatic carbocycles. The molecule has 0 amide bonds. The molecule has 0 bridgehead atoms. The quantitative estimate of drug-likeness (QED) is 0.522. The third kappa shape index (κ3) is 3.81. The van der Waals surface area contributed by atoms with Crippen LogP contribution < -0.4 is 10.1 Å². The fraction of sp³-hybridized carbons (Fsp3) is 0.227. The van der Waals surface area contributed by atoms with Crippen molar-refractivity contribution in [1.29, 1.82) is 0 Å². The first kappa shape index (κ1) is 18.0. The topological polar surface area (TPSA) is 64.9 Å². The summed E-state index contributed by atoms with van der Waals surface area (Å²) in [6.45, 7) is 5.90. The van der Waals surface area contributed by atoms with Crippen LogP contribution in [0.5, 0.6) is 5.75 Å². The monoisotopic (exact) mass is 373 g/mol. The van der Waals surface area contributed by atoms with Crippen LogP contribution in [-0.2, 0) is 19.7 Å². The molecule has 0 saturated heterocycles. The van der Waals surface area contributed by atoms with E-state index in [1.807, 2.05) is 25.1 Å². The summed E-state index contributed by atoms with van der Waals surface area (Å²) in [6, 6.07) is 20.9. The largest absolute Gasteiger partial charge is 0.489 e. The van der Waals surface area contributed by atoms with Gasteiger partial charge in [0.05, 0.1) is 0 Å². The second-order valence-corrected chi connectivity index (χ2v) is 6.71. The first-order chi connectivity index (χ1) is 13.7. The van der Waals surface area contributed by atoms with Crippen LogP contribution in [0.1, 0.15) is 23.6 Å². The molecule has 4 aromatic rings. The average molecular weight is 373 g/mol. The van der Waals surface area contributed by atoms with E-state index in [2.05, 4.69) is 70.2 Å². The third-order valence-electron chi connectivity index (χ3n) is 4.77. The van der Waals surface area contributed by atoms with Crippen molar-refractivity contribution in [2.45, 2.75) is 33.5 Å². The van der Waals surface area contributed by atoms with Gasteiger partial charge < -0.3 is 10.1 Å². The van der Waals surface area contributed by atoms with Crippen LogP contribution in [-0.4, -0.2) is 20.2 Å². The van der Waals surface area contributed by atoms with Gasteiger partial charge in [0.2, 0.25) is 5.95 Å². The number of tetrazole rings is 1. The van der Waals surface area contributed by atoms with Gasteiger partial charge in [-0.05, 0) is 46.7 Å². The molecule has 0 aliphatic heterocycles. The average Bonchev–Trinajstić information content (AvgIpc) is 3.19. The lowest BCUT2D eigenvalue weighted by Crippen LogP contribution is -2.09. The number of rotatable bonds is 7. The highest BCUT2D eigenvalue weighted by Crippen LogP contribution is 2.29. The van der Waals surface area contributed by atoms with Crippen molar-refractivity contribution < 1.29 is 4.74 Å². The van der Waals surface area contributed by atoms with Gasteiger partial charge >= 0.3 is 0 Å². The highest BCUT2D eigenvalue weighted by Gasteiger charge is 2.11. The highest BCUT2D eigenvalue weighted by atomic mass is 16.5. The lowest BCUT2D eigenvalue weighted by Gasteiger charge is -2.15. The summed E-state index contributed by atoms with van der Waals surface area (Å²) in [7, 11) is 0. The summed E-state index contributed by atoms with van der Waals surface area (Å²) < 4.78 is 7.93. The van der Waals surface area contributed by atoms with Crippen LogP contribution in [0.3, 0.4) is 0 Å². The Morgan fingerprint density at radius 3 is 2.64 bits per heavy atom. The molecule has 1 aromatic heterocycles. The zero-order valence-electron chi connectivity index (χ0n) is 16.1. The molecule has 1 heterocycles. The number of nitrogens with zero attached hydrogens (tertiary/aromatic N) is 4. The maximum atomic E-state index is 6.20. The Morgan fingerprint density at radius 1 is 1.00 bits per heavy atom. The van der Waals surface area contributed by atoms with E-state index in [0.29, 0.717) is 25.6 Å². The molecule has 1 N–H and O–H groups in total. The Hall–Kier alpha value is -3.41. The second-order valence-electron chi connectivity index (χ2n) is 6.71. The second kappa shape index (κ2) is 8.08. The molecule has 142 valence electrons. The molecule has 0 aliphatic rings. The summed E-state index contributed by atoms with van der Waals surface area (Å²) in [5, 5.41) is 17.5. The minimum absolute atomic E-state index is 0.526. The van der Waals surface area contributed by atoms with E-state index in [0.717, 1.165) is 22.3 Å². The Morgan fingerprint density at radius 2 is 1.82 bits per heavy atom. The zero-order chi connectivity index (χ0) is 19.3. The van der Waals surface area contributed by atoms with Crippen molar-refractivity contribution >= 4 is 16.7 Å². The van der Waals surface area contributed by atoms with Crippen molar-refractivity contribution in [3.8, 4) is 5.75 Å². The smallest absolute Gasteiger partial charge is 0.243 e. The van der Waals surface area contributed by atoms with E-state index >= 15 is 0 Å². The van der Waals surface area contributed by atoms with Gasteiger partial charge in [0.1, 0.15) is 12.4 Å². The predicted molar refractivity (Wildman–Crippen MR) is 110 cm³/mol. The van der Waals surface area contributed by atoms with Crippen LogP contribution in [0, 0.1) is 6.92 Å². The first-order valence-electron chi connectivity index (χ1n) is 9.43. The van der Waals surface area contributed by atoms with Gasteiger partial charge in [-0.25, -0.2) is 4.68 Å². The number of anilines is 1. The van der Waals surface area contributed by atoms with E-state index in [-0.39, 0.29) is 0 Å². The number of fused-ring (bicyclic) bond motifs is 1. The number of hydrogen-bond acceptors (Lipinski definition) is 5. The number of aryl methyl sites for hydroxylation is 2. The predicted octanol–water partition coefficient (Wildman–Crippen LogP) is 4.35. The van der Waals surface area contributed by atoms with E-state index in [1.54, 1.807) is 4.68 Å². The maximum absolute atomic E-state index is 6.20. The van der Waals surface area contributed by atoms with Gasteiger partial charge in [-0.3, -0.25) is 0 Å². The minimum atomic E-state index is 0.526. The van der Waals surface area contributed by atoms with E-state index in [1.165, 1.54) is 10.9 Å². The summed E-state index contributed by atoms with van der Waals surface area (Å²) in [5.74, 6) is 1.52. The number of aromatic nitrogens is 4. The number of ether oxygens (including phenoxy) is 1. The molecule has 4 rings (SSSR count). The SMILES string of the molecule is CCn1nnnc1NCc1c(OCc2ccc(C)cc2)ccc2ccccc12. The summed E-state index contributed by atoms with van der Waals surface area (Å²) in [6.07, 6.45) is 0. The first-order valence-corrected chi connectivity index (χ1v) is 9.43. The summed E-state index contributed by atoms with van der Waals surface area (Å²) >= 11 is 0. The molecule has 0 radical (unpaired) electrons. The van der Waals surface area contributed by atoms with Crippen molar-refractivity contribution in [2.24, 2.45) is 0 Å². The lowest BCUT2D eigenvalue weighted by molar-refractivity contribution is 0.304. The van der Waals surface area contributed by atoms with E-state index < -0.39 is 0 Å². The van der Waals surface area contributed by atoms with Crippen molar-refractivity contribution in [1.82, 2.24) is 20.2 Å². The fourth-order valence-electron chi connectivity index (χ4n) is 3.19. The van der Waals surface area contributed by atoms with Crippen molar-refractivity contribution in [3.63, 3.8) is 0 Å². The lowest BCUT2D eigenvalue weighted by atomic mass is 10.0. The van der Waals surface area contributed by atoms with Gasteiger partial charge in [-0.2, -0.15) is 0 Å². The van der Waals surface area contributed by atoms with Crippen LogP contribution >= 0.6 is 0 Å². The number of nitrogens with one attached hydrogen (secondary N) is 1. The highest BCUT2D eigenvalue weighted by molar-refractivity contribution is 5.88. The maximum Gasteiger partial charge on any atom is 0.243 e. The Balaban J connectivity index is 1.61. The van der Waals surface area contributed by atoms with Crippen LogP contribution in [0.4, 0.5) is 5.95 Å². The minimum Gasteiger partial charge on any atom is -0.489 e. The Bertz CT molecular complexity index is 1070. The van der Waals surface area contributed by atoms with Gasteiger partial charge in [0, 0.05) is 18.7 Å². The summed E-state index contributed by atoms with van der Waals surface area (Å²) in [4.78, 5) is 0. The molecule has 6 nitrogen and oxygen atoms in total. The van der Waals surface area contributed by atoms with Gasteiger partial charge in [0.25, 0.3) is 0 Å². The molecule has 3 aromatic carbocycles. The normalized spacial score (nSPS) is 10.9. The zero-order valence-corrected chi connectivity index (χ0v) is 16.1. The van der Waals surface area contributed by atoms with E-state index in [4.69, 9.17) is 4.74 Å².